The lowest BCUT2D eigenvalue weighted by Crippen LogP contribution is -2.47. The zero-order valence-electron chi connectivity index (χ0n) is 14.3. The lowest BCUT2D eigenvalue weighted by atomic mass is 10.1. The van der Waals surface area contributed by atoms with Crippen LogP contribution in [0.3, 0.4) is 0 Å². The molecule has 1 aromatic rings. The fourth-order valence-electron chi connectivity index (χ4n) is 2.65. The monoisotopic (exact) mass is 343 g/mol. The van der Waals surface area contributed by atoms with Crippen molar-refractivity contribution in [3.63, 3.8) is 0 Å². The molecule has 1 aliphatic rings. The Morgan fingerprint density at radius 2 is 1.83 bits per heavy atom. The number of morpholine rings is 1. The van der Waals surface area contributed by atoms with Crippen molar-refractivity contribution in [1.82, 2.24) is 4.31 Å². The van der Waals surface area contributed by atoms with Crippen molar-refractivity contribution < 1.29 is 22.6 Å². The van der Waals surface area contributed by atoms with Crippen molar-refractivity contribution in [3.05, 3.63) is 17.7 Å². The van der Waals surface area contributed by atoms with Gasteiger partial charge in [0.25, 0.3) is 0 Å². The number of aryl methyl sites for hydroxylation is 1. The maximum Gasteiger partial charge on any atom is 0.243 e. The predicted molar refractivity (Wildman–Crippen MR) is 87.6 cm³/mol. The second-order valence-electron chi connectivity index (χ2n) is 5.99. The van der Waals surface area contributed by atoms with Gasteiger partial charge < -0.3 is 14.2 Å². The molecule has 1 unspecified atom stereocenters. The van der Waals surface area contributed by atoms with E-state index in [9.17, 15) is 8.42 Å². The molecular weight excluding hydrogens is 318 g/mol. The Labute approximate surface area is 138 Å². The molecule has 1 atom stereocenters. The minimum absolute atomic E-state index is 0.0843. The van der Waals surface area contributed by atoms with Gasteiger partial charge in [0.2, 0.25) is 10.0 Å². The summed E-state index contributed by atoms with van der Waals surface area (Å²) in [6.45, 7) is 6.96. The maximum atomic E-state index is 13.0. The first-order chi connectivity index (χ1) is 10.8. The first kappa shape index (κ1) is 18.0. The second kappa shape index (κ2) is 7.07. The van der Waals surface area contributed by atoms with Crippen LogP contribution in [0.25, 0.3) is 0 Å². The van der Waals surface area contributed by atoms with Crippen molar-refractivity contribution in [2.45, 2.75) is 31.8 Å². The minimum atomic E-state index is -3.60. The van der Waals surface area contributed by atoms with Crippen LogP contribution in [-0.4, -0.2) is 52.7 Å². The van der Waals surface area contributed by atoms with Crippen LogP contribution in [0, 0.1) is 12.8 Å². The van der Waals surface area contributed by atoms with Crippen LogP contribution >= 0.6 is 0 Å². The molecule has 0 radical (unpaired) electrons. The number of sulfonamides is 1. The molecule has 1 aromatic carbocycles. The van der Waals surface area contributed by atoms with E-state index >= 15 is 0 Å². The van der Waals surface area contributed by atoms with E-state index in [1.165, 1.54) is 24.6 Å². The highest BCUT2D eigenvalue weighted by atomic mass is 32.2. The van der Waals surface area contributed by atoms with E-state index < -0.39 is 10.0 Å². The average Bonchev–Trinajstić information content (AvgIpc) is 2.54. The Kier molecular flexibility index (Phi) is 5.54. The molecule has 0 bridgehead atoms. The van der Waals surface area contributed by atoms with Crippen LogP contribution in [0.4, 0.5) is 0 Å². The summed E-state index contributed by atoms with van der Waals surface area (Å²) >= 11 is 0. The molecular formula is C16H25NO5S. The molecule has 0 amide bonds. The first-order valence-corrected chi connectivity index (χ1v) is 9.09. The van der Waals surface area contributed by atoms with E-state index in [2.05, 4.69) is 0 Å². The van der Waals surface area contributed by atoms with Crippen LogP contribution in [0.2, 0.25) is 0 Å². The third kappa shape index (κ3) is 3.62. The van der Waals surface area contributed by atoms with Crippen LogP contribution in [-0.2, 0) is 14.8 Å². The Morgan fingerprint density at radius 1 is 1.22 bits per heavy atom. The molecule has 23 heavy (non-hydrogen) atoms. The summed E-state index contributed by atoms with van der Waals surface area (Å²) in [5.41, 5.74) is 0.634. The van der Waals surface area contributed by atoms with E-state index in [4.69, 9.17) is 14.2 Å². The number of ether oxygens (including phenoxy) is 3. The van der Waals surface area contributed by atoms with Crippen LogP contribution in [0.5, 0.6) is 11.5 Å². The molecule has 6 nitrogen and oxygen atoms in total. The summed E-state index contributed by atoms with van der Waals surface area (Å²) in [6, 6.07) is 3.22. The molecule has 1 fully saturated rings. The lowest BCUT2D eigenvalue weighted by molar-refractivity contribution is -0.0263. The van der Waals surface area contributed by atoms with Crippen molar-refractivity contribution in [1.29, 1.82) is 0 Å². The predicted octanol–water partition coefficient (Wildman–Crippen LogP) is 2.06. The number of hydrogen-bond donors (Lipinski definition) is 0. The highest BCUT2D eigenvalue weighted by molar-refractivity contribution is 7.89. The molecule has 0 spiro atoms. The Balaban J connectivity index is 2.39. The number of hydrogen-bond acceptors (Lipinski definition) is 5. The zero-order valence-corrected chi connectivity index (χ0v) is 15.1. The van der Waals surface area contributed by atoms with Gasteiger partial charge >= 0.3 is 0 Å². The van der Waals surface area contributed by atoms with Gasteiger partial charge in [-0.2, -0.15) is 4.31 Å². The molecule has 1 saturated heterocycles. The van der Waals surface area contributed by atoms with Gasteiger partial charge in [-0.1, -0.05) is 13.8 Å². The molecule has 2 rings (SSSR count). The summed E-state index contributed by atoms with van der Waals surface area (Å²) in [4.78, 5) is 0.250. The van der Waals surface area contributed by atoms with Crippen molar-refractivity contribution >= 4 is 10.0 Å². The smallest absolute Gasteiger partial charge is 0.243 e. The topological polar surface area (TPSA) is 65.1 Å². The third-order valence-corrected chi connectivity index (χ3v) is 6.11. The van der Waals surface area contributed by atoms with Gasteiger partial charge in [-0.25, -0.2) is 8.42 Å². The lowest BCUT2D eigenvalue weighted by Gasteiger charge is -2.34. The fraction of sp³-hybridized carbons (Fsp3) is 0.625. The molecule has 0 saturated carbocycles. The van der Waals surface area contributed by atoms with E-state index in [1.807, 2.05) is 13.8 Å². The number of nitrogens with zero attached hydrogens (tertiary/aromatic N) is 1. The van der Waals surface area contributed by atoms with Gasteiger partial charge in [-0.15, -0.1) is 0 Å². The van der Waals surface area contributed by atoms with Crippen molar-refractivity contribution in [2.75, 3.05) is 33.9 Å². The van der Waals surface area contributed by atoms with Gasteiger partial charge in [0.15, 0.2) is 11.5 Å². The van der Waals surface area contributed by atoms with Gasteiger partial charge in [-0.3, -0.25) is 0 Å². The van der Waals surface area contributed by atoms with Crippen molar-refractivity contribution in [2.24, 2.45) is 5.92 Å². The molecule has 130 valence electrons. The highest BCUT2D eigenvalue weighted by Gasteiger charge is 2.33. The van der Waals surface area contributed by atoms with Gasteiger partial charge in [0.05, 0.1) is 31.8 Å². The van der Waals surface area contributed by atoms with E-state index in [0.29, 0.717) is 36.8 Å². The third-order valence-electron chi connectivity index (χ3n) is 4.10. The van der Waals surface area contributed by atoms with Crippen molar-refractivity contribution in [3.8, 4) is 11.5 Å². The molecule has 0 aliphatic carbocycles. The molecule has 1 heterocycles. The summed E-state index contributed by atoms with van der Waals surface area (Å²) < 4.78 is 43.7. The second-order valence-corrected chi connectivity index (χ2v) is 7.90. The van der Waals surface area contributed by atoms with E-state index in [1.54, 1.807) is 13.0 Å². The molecule has 1 aliphatic heterocycles. The number of rotatable bonds is 5. The number of benzene rings is 1. The largest absolute Gasteiger partial charge is 0.493 e. The quantitative estimate of drug-likeness (QED) is 0.819. The van der Waals surface area contributed by atoms with Crippen LogP contribution in [0.1, 0.15) is 19.4 Å². The number of methoxy groups -OCH3 is 2. The normalized spacial score (nSPS) is 19.8. The van der Waals surface area contributed by atoms with Crippen LogP contribution in [0.15, 0.2) is 17.0 Å². The standard InChI is InChI=1S/C16H25NO5S/c1-11(2)15-10-17(6-7-22-15)23(18,19)16-9-14(21-5)13(20-4)8-12(16)3/h8-9,11,15H,6-7,10H2,1-5H3. The summed E-state index contributed by atoms with van der Waals surface area (Å²) in [7, 11) is -0.577. The minimum Gasteiger partial charge on any atom is -0.493 e. The van der Waals surface area contributed by atoms with Gasteiger partial charge in [-0.05, 0) is 24.5 Å². The van der Waals surface area contributed by atoms with Gasteiger partial charge in [0.1, 0.15) is 0 Å². The molecule has 0 N–H and O–H groups in total. The Bertz CT molecular complexity index is 657. The zero-order chi connectivity index (χ0) is 17.2. The van der Waals surface area contributed by atoms with Crippen LogP contribution < -0.4 is 9.47 Å². The average molecular weight is 343 g/mol. The Morgan fingerprint density at radius 3 is 2.39 bits per heavy atom. The first-order valence-electron chi connectivity index (χ1n) is 7.65. The van der Waals surface area contributed by atoms with Gasteiger partial charge in [0, 0.05) is 19.2 Å². The Hall–Kier alpha value is -1.31. The SMILES string of the molecule is COc1cc(C)c(S(=O)(=O)N2CCOC(C(C)C)C2)cc1OC. The molecule has 7 heteroatoms. The van der Waals surface area contributed by atoms with E-state index in [0.717, 1.165) is 0 Å². The highest BCUT2D eigenvalue weighted by Crippen LogP contribution is 2.34. The fourth-order valence-corrected chi connectivity index (χ4v) is 4.31. The summed E-state index contributed by atoms with van der Waals surface area (Å²) in [5.74, 6) is 1.19. The van der Waals surface area contributed by atoms with E-state index in [-0.39, 0.29) is 16.9 Å². The maximum absolute atomic E-state index is 13.0. The molecule has 0 aromatic heterocycles. The summed E-state index contributed by atoms with van der Waals surface area (Å²) in [5, 5.41) is 0. The summed E-state index contributed by atoms with van der Waals surface area (Å²) in [6.07, 6.45) is -0.0843.